The summed E-state index contributed by atoms with van der Waals surface area (Å²) >= 11 is 0. The van der Waals surface area contributed by atoms with Gasteiger partial charge in [0, 0.05) is 16.8 Å². The summed E-state index contributed by atoms with van der Waals surface area (Å²) < 4.78 is 83.5. The van der Waals surface area contributed by atoms with Crippen molar-refractivity contribution in [2.45, 2.75) is 45.3 Å². The van der Waals surface area contributed by atoms with E-state index in [9.17, 15) is 26.3 Å². The van der Waals surface area contributed by atoms with E-state index in [0.717, 1.165) is 18.2 Å². The van der Waals surface area contributed by atoms with Crippen molar-refractivity contribution in [1.82, 2.24) is 15.0 Å². The maximum absolute atomic E-state index is 13.2. The molecule has 0 aliphatic heterocycles. The molecule has 3 rings (SSSR count). The molecule has 0 aliphatic rings. The molecule has 0 amide bonds. The van der Waals surface area contributed by atoms with Crippen LogP contribution in [0.2, 0.25) is 0 Å². The summed E-state index contributed by atoms with van der Waals surface area (Å²) in [7, 11) is 0. The lowest BCUT2D eigenvalue weighted by atomic mass is 10.1. The van der Waals surface area contributed by atoms with Gasteiger partial charge in [0.2, 0.25) is 11.9 Å². The van der Waals surface area contributed by atoms with Crippen molar-refractivity contribution in [1.29, 1.82) is 0 Å². The molecule has 2 N–H and O–H groups in total. The van der Waals surface area contributed by atoms with Gasteiger partial charge in [-0.1, -0.05) is 18.2 Å². The molecule has 6 nitrogen and oxygen atoms in total. The highest BCUT2D eigenvalue weighted by Crippen LogP contribution is 2.33. The van der Waals surface area contributed by atoms with Crippen molar-refractivity contribution in [2.75, 3.05) is 10.6 Å². The fraction of sp³-hybridized carbons (Fsp3) is 0.318. The van der Waals surface area contributed by atoms with E-state index in [0.29, 0.717) is 0 Å². The average Bonchev–Trinajstić information content (AvgIpc) is 2.70. The number of ether oxygens (including phenoxy) is 1. The fourth-order valence-corrected chi connectivity index (χ4v) is 2.80. The summed E-state index contributed by atoms with van der Waals surface area (Å²) in [6, 6.07) is 8.85. The summed E-state index contributed by atoms with van der Waals surface area (Å²) in [4.78, 5) is 12.3. The van der Waals surface area contributed by atoms with Gasteiger partial charge >= 0.3 is 18.4 Å². The van der Waals surface area contributed by atoms with Crippen molar-refractivity contribution in [2.24, 2.45) is 0 Å². The van der Waals surface area contributed by atoms with Crippen LogP contribution in [0.1, 0.15) is 37.5 Å². The van der Waals surface area contributed by atoms with E-state index in [-0.39, 0.29) is 29.2 Å². The molecule has 0 saturated heterocycles. The molecule has 0 atom stereocenters. The lowest BCUT2D eigenvalue weighted by Crippen LogP contribution is -2.27. The molecule has 0 unspecified atom stereocenters. The van der Waals surface area contributed by atoms with E-state index < -0.39 is 35.6 Å². The highest BCUT2D eigenvalue weighted by Gasteiger charge is 2.33. The number of rotatable bonds is 6. The minimum atomic E-state index is -4.56. The normalized spacial score (nSPS) is 12.4. The molecule has 34 heavy (non-hydrogen) atoms. The van der Waals surface area contributed by atoms with Crippen LogP contribution in [-0.2, 0) is 19.0 Å². The van der Waals surface area contributed by atoms with Crippen LogP contribution < -0.4 is 15.4 Å². The van der Waals surface area contributed by atoms with Gasteiger partial charge in [-0.3, -0.25) is 0 Å². The molecule has 0 aliphatic carbocycles. The highest BCUT2D eigenvalue weighted by molar-refractivity contribution is 5.55. The van der Waals surface area contributed by atoms with Crippen molar-refractivity contribution >= 4 is 17.6 Å². The molecular formula is C22H21F6N5O. The number of nitrogens with one attached hydrogen (secondary N) is 2. The molecule has 0 fully saturated rings. The molecular weight excluding hydrogens is 464 g/mol. The summed E-state index contributed by atoms with van der Waals surface area (Å²) in [5.41, 5.74) is -2.00. The van der Waals surface area contributed by atoms with Gasteiger partial charge in [0.1, 0.15) is 6.61 Å². The summed E-state index contributed by atoms with van der Waals surface area (Å²) in [5.74, 6) is -0.00312. The summed E-state index contributed by atoms with van der Waals surface area (Å²) in [5, 5.41) is 5.75. The molecule has 3 aromatic rings. The smallest absolute Gasteiger partial charge is 0.416 e. The third-order valence-corrected chi connectivity index (χ3v) is 4.25. The maximum atomic E-state index is 13.2. The predicted molar refractivity (Wildman–Crippen MR) is 114 cm³/mol. The number of benzene rings is 2. The zero-order chi connectivity index (χ0) is 25.1. The monoisotopic (exact) mass is 485 g/mol. The van der Waals surface area contributed by atoms with Crippen molar-refractivity contribution in [3.05, 3.63) is 65.2 Å². The van der Waals surface area contributed by atoms with Gasteiger partial charge < -0.3 is 15.4 Å². The van der Waals surface area contributed by atoms with Crippen LogP contribution in [0.4, 0.5) is 43.9 Å². The van der Waals surface area contributed by atoms with Gasteiger partial charge in [-0.25, -0.2) is 0 Å². The van der Waals surface area contributed by atoms with E-state index in [4.69, 9.17) is 4.74 Å². The Balaban J connectivity index is 1.86. The second kappa shape index (κ2) is 9.35. The molecule has 1 heterocycles. The van der Waals surface area contributed by atoms with E-state index in [2.05, 4.69) is 25.6 Å². The van der Waals surface area contributed by atoms with Gasteiger partial charge in [-0.15, -0.1) is 0 Å². The molecule has 0 bridgehead atoms. The number of anilines is 3. The van der Waals surface area contributed by atoms with E-state index in [1.165, 1.54) is 30.3 Å². The first-order chi connectivity index (χ1) is 15.7. The largest absolute Gasteiger partial charge is 0.458 e. The quantitative estimate of drug-likeness (QED) is 0.392. The van der Waals surface area contributed by atoms with Crippen LogP contribution in [-0.4, -0.2) is 20.5 Å². The maximum Gasteiger partial charge on any atom is 0.416 e. The van der Waals surface area contributed by atoms with Crippen molar-refractivity contribution in [3.8, 4) is 6.01 Å². The predicted octanol–water partition coefficient (Wildman–Crippen LogP) is 6.44. The van der Waals surface area contributed by atoms with Gasteiger partial charge in [-0.05, 0) is 51.1 Å². The molecule has 12 heteroatoms. The molecule has 0 saturated carbocycles. The number of hydrogen-bond acceptors (Lipinski definition) is 6. The third-order valence-electron chi connectivity index (χ3n) is 4.25. The fourth-order valence-electron chi connectivity index (χ4n) is 2.80. The highest BCUT2D eigenvalue weighted by atomic mass is 19.4. The molecule has 182 valence electrons. The Labute approximate surface area is 191 Å². The van der Waals surface area contributed by atoms with E-state index in [1.807, 2.05) is 20.8 Å². The van der Waals surface area contributed by atoms with Gasteiger partial charge in [0.15, 0.2) is 0 Å². The van der Waals surface area contributed by atoms with Gasteiger partial charge in [0.25, 0.3) is 0 Å². The Hall–Kier alpha value is -3.57. The van der Waals surface area contributed by atoms with Crippen LogP contribution in [0.5, 0.6) is 6.01 Å². The van der Waals surface area contributed by atoms with Crippen LogP contribution in [0, 0.1) is 0 Å². The van der Waals surface area contributed by atoms with Crippen LogP contribution in [0.25, 0.3) is 0 Å². The summed E-state index contributed by atoms with van der Waals surface area (Å²) in [6.07, 6.45) is -9.05. The first-order valence-corrected chi connectivity index (χ1v) is 9.97. The first-order valence-electron chi connectivity index (χ1n) is 9.97. The minimum absolute atomic E-state index is 0.0658. The Kier molecular flexibility index (Phi) is 6.89. The minimum Gasteiger partial charge on any atom is -0.458 e. The second-order valence-corrected chi connectivity index (χ2v) is 8.28. The standard InChI is InChI=1S/C22H21F6N5O/c1-20(2,3)33-18-30-17(29-15-10-8-14(9-11-15)21(23,24)25)31-19(32-18)34-12-13-6-4-5-7-16(13)22(26,27)28/h4-11H,12H2,1-3H3,(H2,29,30,31,32,33). The van der Waals surface area contributed by atoms with Gasteiger partial charge in [0.05, 0.1) is 11.1 Å². The number of alkyl halides is 6. The SMILES string of the molecule is CC(C)(C)Nc1nc(Nc2ccc(C(F)(F)F)cc2)nc(OCc2ccccc2C(F)(F)F)n1. The number of halogens is 6. The van der Waals surface area contributed by atoms with Crippen LogP contribution in [0.3, 0.4) is 0 Å². The zero-order valence-corrected chi connectivity index (χ0v) is 18.3. The van der Waals surface area contributed by atoms with Crippen molar-refractivity contribution < 1.29 is 31.1 Å². The second-order valence-electron chi connectivity index (χ2n) is 8.28. The topological polar surface area (TPSA) is 72.0 Å². The molecule has 0 spiro atoms. The van der Waals surface area contributed by atoms with Crippen molar-refractivity contribution in [3.63, 3.8) is 0 Å². The van der Waals surface area contributed by atoms with E-state index >= 15 is 0 Å². The Morgan fingerprint density at radius 2 is 1.38 bits per heavy atom. The van der Waals surface area contributed by atoms with E-state index in [1.54, 1.807) is 0 Å². The molecule has 1 aromatic heterocycles. The molecule has 2 aromatic carbocycles. The average molecular weight is 485 g/mol. The molecule has 0 radical (unpaired) electrons. The first kappa shape index (κ1) is 25.1. The Bertz CT molecular complexity index is 1120. The third kappa shape index (κ3) is 6.96. The van der Waals surface area contributed by atoms with Gasteiger partial charge in [-0.2, -0.15) is 41.3 Å². The summed E-state index contributed by atoms with van der Waals surface area (Å²) in [6.45, 7) is 5.04. The Morgan fingerprint density at radius 3 is 1.97 bits per heavy atom. The van der Waals surface area contributed by atoms with Crippen LogP contribution >= 0.6 is 0 Å². The van der Waals surface area contributed by atoms with Crippen LogP contribution in [0.15, 0.2) is 48.5 Å². The number of hydrogen-bond donors (Lipinski definition) is 2. The Morgan fingerprint density at radius 1 is 0.765 bits per heavy atom. The lowest BCUT2D eigenvalue weighted by molar-refractivity contribution is -0.139. The number of aromatic nitrogens is 3. The zero-order valence-electron chi connectivity index (χ0n) is 18.3. The lowest BCUT2D eigenvalue weighted by Gasteiger charge is -2.21. The number of nitrogens with zero attached hydrogens (tertiary/aromatic N) is 3.